The molecule has 0 amide bonds. The summed E-state index contributed by atoms with van der Waals surface area (Å²) in [5.41, 5.74) is 4.06. The lowest BCUT2D eigenvalue weighted by Gasteiger charge is -2.27. The van der Waals surface area contributed by atoms with Gasteiger partial charge in [0.2, 0.25) is 0 Å². The maximum Gasteiger partial charge on any atom is 0.306 e. The summed E-state index contributed by atoms with van der Waals surface area (Å²) in [4.78, 5) is 27.3. The highest BCUT2D eigenvalue weighted by Crippen LogP contribution is 2.30. The fourth-order valence-corrected chi connectivity index (χ4v) is 4.58. The van der Waals surface area contributed by atoms with Gasteiger partial charge in [-0.05, 0) is 57.6 Å². The summed E-state index contributed by atoms with van der Waals surface area (Å²) in [6.45, 7) is 4.61. The highest BCUT2D eigenvalue weighted by Gasteiger charge is 2.28. The van der Waals surface area contributed by atoms with E-state index in [0.717, 1.165) is 55.0 Å². The smallest absolute Gasteiger partial charge is 0.306 e. The first-order valence-corrected chi connectivity index (χ1v) is 12.6. The normalized spacial score (nSPS) is 17.7. The highest BCUT2D eigenvalue weighted by atomic mass is 16.5. The minimum atomic E-state index is -0.743. The molecule has 36 heavy (non-hydrogen) atoms. The average Bonchev–Trinajstić information content (AvgIpc) is 3.24. The van der Waals surface area contributed by atoms with Crippen LogP contribution in [0.1, 0.15) is 62.5 Å². The van der Waals surface area contributed by atoms with E-state index >= 15 is 0 Å². The predicted molar refractivity (Wildman–Crippen MR) is 136 cm³/mol. The summed E-state index contributed by atoms with van der Waals surface area (Å²) in [7, 11) is 3.85. The van der Waals surface area contributed by atoms with Crippen molar-refractivity contribution in [3.8, 4) is 17.1 Å². The molecule has 10 heteroatoms. The standard InChI is InChI=1S/C26H35N7O3/c1-5-6-9-19-14-27-15-24(29-19)32(3)16-22-25(30-31-33(22)4)21-11-12-23(17(2)28-21)36-20-10-7-8-18(13-20)26(34)35/h11-12,14-15,18,20H,5-10,13,16H2,1-4H3,(H,34,35)/t18-,20-/m0/s1. The molecule has 4 rings (SSSR count). The highest BCUT2D eigenvalue weighted by molar-refractivity contribution is 5.70. The molecule has 0 aliphatic heterocycles. The first-order chi connectivity index (χ1) is 17.4. The van der Waals surface area contributed by atoms with Crippen LogP contribution in [0.5, 0.6) is 5.75 Å². The number of rotatable bonds is 10. The van der Waals surface area contributed by atoms with Crippen LogP contribution in [0.15, 0.2) is 24.5 Å². The van der Waals surface area contributed by atoms with Gasteiger partial charge >= 0.3 is 5.97 Å². The Morgan fingerprint density at radius 3 is 2.83 bits per heavy atom. The quantitative estimate of drug-likeness (QED) is 0.447. The zero-order valence-electron chi connectivity index (χ0n) is 21.5. The molecule has 10 nitrogen and oxygen atoms in total. The summed E-state index contributed by atoms with van der Waals surface area (Å²) in [5, 5.41) is 18.0. The van der Waals surface area contributed by atoms with Gasteiger partial charge in [0, 0.05) is 20.3 Å². The number of aryl methyl sites for hydroxylation is 3. The molecule has 1 saturated carbocycles. The number of aromatic nitrogens is 6. The SMILES string of the molecule is CCCCc1cncc(N(C)Cc2c(-c3ccc(O[C@H]4CCC[C@H](C(=O)O)C4)c(C)n3)nnn2C)n1. The van der Waals surface area contributed by atoms with E-state index in [9.17, 15) is 9.90 Å². The molecule has 3 aromatic heterocycles. The molecule has 0 saturated heterocycles. The van der Waals surface area contributed by atoms with E-state index in [1.54, 1.807) is 10.9 Å². The van der Waals surface area contributed by atoms with E-state index in [1.807, 2.05) is 44.2 Å². The monoisotopic (exact) mass is 493 g/mol. The van der Waals surface area contributed by atoms with Gasteiger partial charge in [-0.2, -0.15) is 0 Å². The molecule has 1 fully saturated rings. The van der Waals surface area contributed by atoms with E-state index in [1.165, 1.54) is 0 Å². The minimum Gasteiger partial charge on any atom is -0.489 e. The zero-order chi connectivity index (χ0) is 25.7. The van der Waals surface area contributed by atoms with Crippen molar-refractivity contribution < 1.29 is 14.6 Å². The van der Waals surface area contributed by atoms with E-state index in [0.29, 0.717) is 36.5 Å². The maximum absolute atomic E-state index is 11.4. The van der Waals surface area contributed by atoms with Gasteiger partial charge in [0.25, 0.3) is 0 Å². The van der Waals surface area contributed by atoms with Crippen molar-refractivity contribution in [2.75, 3.05) is 11.9 Å². The van der Waals surface area contributed by atoms with Crippen molar-refractivity contribution in [3.63, 3.8) is 0 Å². The number of pyridine rings is 1. The van der Waals surface area contributed by atoms with Crippen LogP contribution in [0.25, 0.3) is 11.4 Å². The van der Waals surface area contributed by atoms with Gasteiger partial charge in [-0.1, -0.05) is 18.6 Å². The number of nitrogens with zero attached hydrogens (tertiary/aromatic N) is 7. The largest absolute Gasteiger partial charge is 0.489 e. The summed E-state index contributed by atoms with van der Waals surface area (Å²) in [6.07, 6.45) is 9.56. The Kier molecular flexibility index (Phi) is 8.12. The van der Waals surface area contributed by atoms with Crippen molar-refractivity contribution in [3.05, 3.63) is 41.6 Å². The zero-order valence-corrected chi connectivity index (χ0v) is 21.5. The van der Waals surface area contributed by atoms with Gasteiger partial charge in [-0.25, -0.2) is 14.6 Å². The third kappa shape index (κ3) is 5.98. The Morgan fingerprint density at radius 1 is 1.25 bits per heavy atom. The Balaban J connectivity index is 1.49. The third-order valence-corrected chi connectivity index (χ3v) is 6.73. The van der Waals surface area contributed by atoms with Crippen molar-refractivity contribution in [2.45, 2.75) is 71.4 Å². The molecular formula is C26H35N7O3. The molecule has 192 valence electrons. The number of carbonyl (C=O) groups is 1. The third-order valence-electron chi connectivity index (χ3n) is 6.73. The Hall–Kier alpha value is -3.56. The number of hydrogen-bond acceptors (Lipinski definition) is 8. The van der Waals surface area contributed by atoms with Crippen LogP contribution < -0.4 is 9.64 Å². The lowest BCUT2D eigenvalue weighted by atomic mass is 9.87. The van der Waals surface area contributed by atoms with Crippen molar-refractivity contribution >= 4 is 11.8 Å². The van der Waals surface area contributed by atoms with Crippen LogP contribution in [0, 0.1) is 12.8 Å². The fraction of sp³-hybridized carbons (Fsp3) is 0.538. The van der Waals surface area contributed by atoms with Crippen molar-refractivity contribution in [1.82, 2.24) is 29.9 Å². The van der Waals surface area contributed by atoms with E-state index in [-0.39, 0.29) is 12.0 Å². The number of aliphatic carboxylic acids is 1. The van der Waals surface area contributed by atoms with Gasteiger partial charge in [0.15, 0.2) is 0 Å². The predicted octanol–water partition coefficient (Wildman–Crippen LogP) is 3.98. The van der Waals surface area contributed by atoms with Crippen LogP contribution >= 0.6 is 0 Å². The van der Waals surface area contributed by atoms with Gasteiger partial charge in [0.05, 0.1) is 47.5 Å². The second kappa shape index (κ2) is 11.5. The Bertz CT molecular complexity index is 1200. The fourth-order valence-electron chi connectivity index (χ4n) is 4.58. The van der Waals surface area contributed by atoms with Gasteiger partial charge in [-0.15, -0.1) is 5.10 Å². The second-order valence-corrected chi connectivity index (χ2v) is 9.56. The molecule has 0 radical (unpaired) electrons. The molecule has 0 bridgehead atoms. The Labute approximate surface area is 211 Å². The minimum absolute atomic E-state index is 0.110. The van der Waals surface area contributed by atoms with Crippen molar-refractivity contribution in [1.29, 1.82) is 0 Å². The van der Waals surface area contributed by atoms with Gasteiger partial charge in [0.1, 0.15) is 17.3 Å². The van der Waals surface area contributed by atoms with Gasteiger partial charge in [-0.3, -0.25) is 9.78 Å². The van der Waals surface area contributed by atoms with Crippen LogP contribution in [0.2, 0.25) is 0 Å². The molecule has 1 N–H and O–H groups in total. The first kappa shape index (κ1) is 25.5. The lowest BCUT2D eigenvalue weighted by Crippen LogP contribution is -2.29. The number of unbranched alkanes of at least 4 members (excludes halogenated alkanes) is 1. The summed E-state index contributed by atoms with van der Waals surface area (Å²) >= 11 is 0. The van der Waals surface area contributed by atoms with Crippen LogP contribution in [-0.4, -0.2) is 54.2 Å². The molecule has 2 atom stereocenters. The molecule has 3 aromatic rings. The second-order valence-electron chi connectivity index (χ2n) is 9.56. The summed E-state index contributed by atoms with van der Waals surface area (Å²) in [6, 6.07) is 3.78. The van der Waals surface area contributed by atoms with Crippen LogP contribution in [0.4, 0.5) is 5.82 Å². The molecule has 0 unspecified atom stereocenters. The first-order valence-electron chi connectivity index (χ1n) is 12.6. The summed E-state index contributed by atoms with van der Waals surface area (Å²) < 4.78 is 7.92. The number of hydrogen-bond donors (Lipinski definition) is 1. The Morgan fingerprint density at radius 2 is 2.08 bits per heavy atom. The number of anilines is 1. The lowest BCUT2D eigenvalue weighted by molar-refractivity contribution is -0.143. The molecule has 0 spiro atoms. The summed E-state index contributed by atoms with van der Waals surface area (Å²) in [5.74, 6) is 0.395. The number of carboxylic acid groups (broad SMARTS) is 1. The molecule has 3 heterocycles. The van der Waals surface area contributed by atoms with E-state index in [2.05, 4.69) is 22.2 Å². The van der Waals surface area contributed by atoms with Gasteiger partial charge < -0.3 is 14.7 Å². The average molecular weight is 494 g/mol. The topological polar surface area (TPSA) is 119 Å². The van der Waals surface area contributed by atoms with Crippen LogP contribution in [0.3, 0.4) is 0 Å². The van der Waals surface area contributed by atoms with E-state index in [4.69, 9.17) is 14.7 Å². The van der Waals surface area contributed by atoms with E-state index < -0.39 is 5.97 Å². The molecule has 1 aliphatic rings. The molecule has 1 aliphatic carbocycles. The number of ether oxygens (including phenoxy) is 1. The molecule has 0 aromatic carbocycles. The van der Waals surface area contributed by atoms with Crippen molar-refractivity contribution in [2.24, 2.45) is 13.0 Å². The number of carboxylic acids is 1. The van der Waals surface area contributed by atoms with Crippen LogP contribution in [-0.2, 0) is 24.8 Å². The molecular weight excluding hydrogens is 458 g/mol. The maximum atomic E-state index is 11.4.